The third-order valence-electron chi connectivity index (χ3n) is 4.23. The Morgan fingerprint density at radius 2 is 2.00 bits per heavy atom. The Morgan fingerprint density at radius 1 is 1.39 bits per heavy atom. The second kappa shape index (κ2) is 6.10. The second-order valence-corrected chi connectivity index (χ2v) is 6.07. The van der Waals surface area contributed by atoms with Gasteiger partial charge in [-0.3, -0.25) is 10.1 Å². The molecule has 0 aromatic heterocycles. The van der Waals surface area contributed by atoms with Crippen LogP contribution in [0.15, 0.2) is 24.3 Å². The van der Waals surface area contributed by atoms with Crippen molar-refractivity contribution in [3.63, 3.8) is 0 Å². The van der Waals surface area contributed by atoms with Gasteiger partial charge in [0, 0.05) is 6.54 Å². The number of nitrogens with two attached hydrogens (primary N) is 1. The number of rotatable bonds is 6. The Hall–Kier alpha value is -1.64. The van der Waals surface area contributed by atoms with Gasteiger partial charge in [-0.2, -0.15) is 13.2 Å². The van der Waals surface area contributed by atoms with Gasteiger partial charge in [-0.15, -0.1) is 0 Å². The summed E-state index contributed by atoms with van der Waals surface area (Å²) in [4.78, 5) is 11.9. The second-order valence-electron chi connectivity index (χ2n) is 6.07. The summed E-state index contributed by atoms with van der Waals surface area (Å²) in [7, 11) is 0. The first-order valence-corrected chi connectivity index (χ1v) is 7.04. The number of aliphatic hydroxyl groups is 1. The molecule has 0 spiro atoms. The van der Waals surface area contributed by atoms with E-state index in [2.05, 4.69) is 5.32 Å². The van der Waals surface area contributed by atoms with Crippen molar-refractivity contribution in [3.8, 4) is 0 Å². The summed E-state index contributed by atoms with van der Waals surface area (Å²) >= 11 is 0. The topological polar surface area (TPSA) is 84.6 Å². The van der Waals surface area contributed by atoms with E-state index in [-0.39, 0.29) is 18.7 Å². The van der Waals surface area contributed by atoms with E-state index in [9.17, 15) is 23.1 Å². The van der Waals surface area contributed by atoms with Crippen LogP contribution in [0, 0.1) is 5.41 Å². The highest BCUT2D eigenvalue weighted by Crippen LogP contribution is 2.33. The maximum atomic E-state index is 12.9. The first kappa shape index (κ1) is 17.7. The number of amides is 1. The third-order valence-corrected chi connectivity index (χ3v) is 4.23. The van der Waals surface area contributed by atoms with Crippen molar-refractivity contribution in [1.29, 1.82) is 0 Å². The van der Waals surface area contributed by atoms with Crippen molar-refractivity contribution in [2.24, 2.45) is 11.1 Å². The van der Waals surface area contributed by atoms with Crippen LogP contribution in [-0.4, -0.2) is 37.4 Å². The average molecular weight is 332 g/mol. The van der Waals surface area contributed by atoms with Gasteiger partial charge >= 0.3 is 6.18 Å². The van der Waals surface area contributed by atoms with Crippen LogP contribution in [0.2, 0.25) is 0 Å². The predicted octanol–water partition coefficient (Wildman–Crippen LogP) is 1.00. The molecule has 1 aromatic rings. The average Bonchev–Trinajstić information content (AvgIpc) is 2.45. The summed E-state index contributed by atoms with van der Waals surface area (Å²) in [6, 6.07) is 4.48. The summed E-state index contributed by atoms with van der Waals surface area (Å²) in [6.07, 6.45) is -4.51. The van der Waals surface area contributed by atoms with Crippen molar-refractivity contribution in [1.82, 2.24) is 5.32 Å². The van der Waals surface area contributed by atoms with Gasteiger partial charge in [-0.05, 0) is 24.6 Å². The third kappa shape index (κ3) is 3.49. The molecule has 1 aliphatic rings. The van der Waals surface area contributed by atoms with Gasteiger partial charge in [0.15, 0.2) is 0 Å². The highest BCUT2D eigenvalue weighted by Gasteiger charge is 2.42. The molecular weight excluding hydrogens is 313 g/mol. The molecule has 1 saturated heterocycles. The normalized spacial score (nSPS) is 19.7. The quantitative estimate of drug-likeness (QED) is 0.726. The zero-order valence-corrected chi connectivity index (χ0v) is 12.6. The monoisotopic (exact) mass is 332 g/mol. The summed E-state index contributed by atoms with van der Waals surface area (Å²) < 4.78 is 43.7. The van der Waals surface area contributed by atoms with Gasteiger partial charge < -0.3 is 15.6 Å². The molecule has 1 amide bonds. The zero-order valence-electron chi connectivity index (χ0n) is 12.6. The summed E-state index contributed by atoms with van der Waals surface area (Å²) in [5, 5.41) is 12.3. The van der Waals surface area contributed by atoms with Crippen LogP contribution in [0.1, 0.15) is 18.1 Å². The fourth-order valence-corrected chi connectivity index (χ4v) is 2.34. The number of hydrogen-bond donors (Lipinski definition) is 3. The van der Waals surface area contributed by atoms with Crippen molar-refractivity contribution in [2.75, 3.05) is 26.4 Å². The minimum atomic E-state index is -4.51. The standard InChI is InChI=1S/C15H19F3N2O3/c1-13(12(19)22,20-6-14(7-21)8-23-9-14)10-3-2-4-11(5-10)15(16,17)18/h2-5,20-21H,6-9H2,1H3,(H2,19,22). The van der Waals surface area contributed by atoms with Crippen LogP contribution in [-0.2, 0) is 21.2 Å². The highest BCUT2D eigenvalue weighted by atomic mass is 19.4. The predicted molar refractivity (Wildman–Crippen MR) is 76.3 cm³/mol. The molecule has 0 radical (unpaired) electrons. The van der Waals surface area contributed by atoms with Gasteiger partial charge in [-0.25, -0.2) is 0 Å². The Balaban J connectivity index is 2.28. The number of aliphatic hydroxyl groups excluding tert-OH is 1. The number of alkyl halides is 3. The number of carbonyl (C=O) groups is 1. The van der Waals surface area contributed by atoms with Crippen LogP contribution in [0.3, 0.4) is 0 Å². The molecule has 5 nitrogen and oxygen atoms in total. The Bertz CT molecular complexity index is 582. The van der Waals surface area contributed by atoms with E-state index in [1.165, 1.54) is 19.1 Å². The smallest absolute Gasteiger partial charge is 0.396 e. The molecule has 1 aromatic carbocycles. The lowest BCUT2D eigenvalue weighted by molar-refractivity contribution is -0.141. The van der Waals surface area contributed by atoms with E-state index in [4.69, 9.17) is 10.5 Å². The van der Waals surface area contributed by atoms with E-state index in [1.54, 1.807) is 0 Å². The van der Waals surface area contributed by atoms with Crippen molar-refractivity contribution in [3.05, 3.63) is 35.4 Å². The van der Waals surface area contributed by atoms with Gasteiger partial charge in [0.25, 0.3) is 0 Å². The minimum absolute atomic E-state index is 0.119. The largest absolute Gasteiger partial charge is 0.416 e. The molecule has 0 saturated carbocycles. The van der Waals surface area contributed by atoms with E-state index >= 15 is 0 Å². The summed E-state index contributed by atoms with van der Waals surface area (Å²) in [5.41, 5.74) is 2.65. The van der Waals surface area contributed by atoms with Crippen LogP contribution in [0.4, 0.5) is 13.2 Å². The summed E-state index contributed by atoms with van der Waals surface area (Å²) in [6.45, 7) is 2.09. The lowest BCUT2D eigenvalue weighted by Crippen LogP contribution is -2.59. The Kier molecular flexibility index (Phi) is 4.70. The maximum Gasteiger partial charge on any atom is 0.416 e. The minimum Gasteiger partial charge on any atom is -0.396 e. The fourth-order valence-electron chi connectivity index (χ4n) is 2.34. The maximum absolute atomic E-state index is 12.9. The SMILES string of the molecule is CC(NCC1(CO)COC1)(C(N)=O)c1cccc(C(F)(F)F)c1. The van der Waals surface area contributed by atoms with Crippen LogP contribution in [0.25, 0.3) is 0 Å². The van der Waals surface area contributed by atoms with Gasteiger partial charge in [-0.1, -0.05) is 12.1 Å². The number of primary amides is 1. The van der Waals surface area contributed by atoms with Crippen molar-refractivity contribution in [2.45, 2.75) is 18.6 Å². The van der Waals surface area contributed by atoms with E-state index in [0.717, 1.165) is 12.1 Å². The molecular formula is C15H19F3N2O3. The number of hydrogen-bond acceptors (Lipinski definition) is 4. The molecule has 2 rings (SSSR count). The number of carbonyl (C=O) groups excluding carboxylic acids is 1. The lowest BCUT2D eigenvalue weighted by Gasteiger charge is -2.42. The highest BCUT2D eigenvalue weighted by molar-refractivity contribution is 5.85. The first-order chi connectivity index (χ1) is 10.6. The van der Waals surface area contributed by atoms with Crippen molar-refractivity contribution >= 4 is 5.91 Å². The van der Waals surface area contributed by atoms with Gasteiger partial charge in [0.05, 0.1) is 30.8 Å². The number of halogens is 3. The van der Waals surface area contributed by atoms with Gasteiger partial charge in [0.1, 0.15) is 5.54 Å². The lowest BCUT2D eigenvalue weighted by atomic mass is 9.84. The molecule has 1 heterocycles. The van der Waals surface area contributed by atoms with Crippen LogP contribution in [0.5, 0.6) is 0 Å². The van der Waals surface area contributed by atoms with Crippen molar-refractivity contribution < 1.29 is 27.8 Å². The Morgan fingerprint density at radius 3 is 2.43 bits per heavy atom. The van der Waals surface area contributed by atoms with E-state index in [0.29, 0.717) is 13.2 Å². The molecule has 8 heteroatoms. The summed E-state index contributed by atoms with van der Waals surface area (Å²) in [5.74, 6) is -0.801. The fraction of sp³-hybridized carbons (Fsp3) is 0.533. The molecule has 0 aliphatic carbocycles. The molecule has 23 heavy (non-hydrogen) atoms. The first-order valence-electron chi connectivity index (χ1n) is 7.04. The van der Waals surface area contributed by atoms with Crippen LogP contribution < -0.4 is 11.1 Å². The zero-order chi connectivity index (χ0) is 17.3. The molecule has 4 N–H and O–H groups in total. The molecule has 1 fully saturated rings. The molecule has 128 valence electrons. The van der Waals surface area contributed by atoms with E-state index in [1.807, 2.05) is 0 Å². The number of nitrogens with one attached hydrogen (secondary N) is 1. The molecule has 1 atom stereocenters. The Labute approximate surface area is 131 Å². The van der Waals surface area contributed by atoms with E-state index < -0.39 is 28.6 Å². The molecule has 1 aliphatic heterocycles. The number of ether oxygens (including phenoxy) is 1. The number of benzene rings is 1. The molecule has 1 unspecified atom stereocenters. The van der Waals surface area contributed by atoms with Crippen LogP contribution >= 0.6 is 0 Å². The molecule has 0 bridgehead atoms. The van der Waals surface area contributed by atoms with Gasteiger partial charge in [0.2, 0.25) is 5.91 Å².